The molecule has 3 amide bonds. The molecule has 6 rings (SSSR count). The minimum Gasteiger partial charge on any atom is -0.479 e. The van der Waals surface area contributed by atoms with E-state index >= 15 is 0 Å². The molecule has 3 aromatic rings. The van der Waals surface area contributed by atoms with Crippen LogP contribution in [0.1, 0.15) is 71.8 Å². The highest BCUT2D eigenvalue weighted by Crippen LogP contribution is 2.46. The van der Waals surface area contributed by atoms with Gasteiger partial charge in [-0.25, -0.2) is 14.3 Å². The first-order chi connectivity index (χ1) is 28.5. The van der Waals surface area contributed by atoms with Crippen molar-refractivity contribution >= 4 is 23.9 Å². The van der Waals surface area contributed by atoms with Gasteiger partial charge >= 0.3 is 24.8 Å². The number of carbonyl (C=O) groups is 4. The first kappa shape index (κ1) is 44.5. The monoisotopic (exact) mass is 863 g/mol. The van der Waals surface area contributed by atoms with Crippen LogP contribution < -0.4 is 25.7 Å². The summed E-state index contributed by atoms with van der Waals surface area (Å²) in [6.45, 7) is 4.58. The number of aliphatic carboxylic acids is 1. The number of alkyl halides is 6. The van der Waals surface area contributed by atoms with Gasteiger partial charge < -0.3 is 34.9 Å². The average molecular weight is 864 g/mol. The second-order valence-corrected chi connectivity index (χ2v) is 16.1. The molecule has 0 bridgehead atoms. The van der Waals surface area contributed by atoms with Gasteiger partial charge in [0.05, 0.1) is 17.8 Å². The van der Waals surface area contributed by atoms with E-state index in [-0.39, 0.29) is 48.1 Å². The summed E-state index contributed by atoms with van der Waals surface area (Å²) in [7, 11) is 0. The number of carboxylic acid groups (broad SMARTS) is 1. The Kier molecular flexibility index (Phi) is 12.5. The Balaban J connectivity index is 1.42. The van der Waals surface area contributed by atoms with E-state index in [1.165, 1.54) is 30.5 Å². The van der Waals surface area contributed by atoms with Gasteiger partial charge in [0.1, 0.15) is 34.7 Å². The van der Waals surface area contributed by atoms with Gasteiger partial charge in [-0.05, 0) is 81.8 Å². The number of carbonyl (C=O) groups excluding carboxylic acids is 3. The quantitative estimate of drug-likeness (QED) is 0.167. The number of hydrogen-bond donors (Lipinski definition) is 3. The smallest absolute Gasteiger partial charge is 0.479 e. The van der Waals surface area contributed by atoms with Crippen molar-refractivity contribution in [3.05, 3.63) is 77.2 Å². The Morgan fingerprint density at radius 3 is 2.07 bits per heavy atom. The maximum absolute atomic E-state index is 14.6. The first-order valence-corrected chi connectivity index (χ1v) is 19.4. The summed E-state index contributed by atoms with van der Waals surface area (Å²) >= 11 is 0. The lowest BCUT2D eigenvalue weighted by atomic mass is 9.97. The molecule has 3 N–H and O–H groups in total. The van der Waals surface area contributed by atoms with Gasteiger partial charge in [-0.15, -0.1) is 26.3 Å². The zero-order valence-electron chi connectivity index (χ0n) is 33.1. The van der Waals surface area contributed by atoms with Crippen molar-refractivity contribution in [2.45, 2.75) is 108 Å². The molecule has 0 radical (unpaired) electrons. The molecule has 1 saturated carbocycles. The molecule has 1 aromatic heterocycles. The number of aromatic nitrogens is 2. The van der Waals surface area contributed by atoms with E-state index in [0.717, 1.165) is 33.8 Å². The number of allylic oxidation sites excluding steroid dienone is 1. The Hall–Kier alpha value is -6.08. The molecule has 3 aliphatic rings. The molecule has 0 spiro atoms. The number of fused-ring (bicyclic) bond motifs is 2. The molecule has 14 nitrogen and oxygen atoms in total. The molecule has 5 atom stereocenters. The van der Waals surface area contributed by atoms with Crippen molar-refractivity contribution in [3.8, 4) is 33.8 Å². The summed E-state index contributed by atoms with van der Waals surface area (Å²) in [6, 6.07) is 5.06. The van der Waals surface area contributed by atoms with E-state index in [1.807, 2.05) is 6.08 Å². The van der Waals surface area contributed by atoms with E-state index in [0.29, 0.717) is 25.7 Å². The van der Waals surface area contributed by atoms with Gasteiger partial charge in [-0.1, -0.05) is 49.3 Å². The van der Waals surface area contributed by atoms with Crippen molar-refractivity contribution in [3.63, 3.8) is 0 Å². The van der Waals surface area contributed by atoms with Gasteiger partial charge in [0.2, 0.25) is 11.8 Å². The van der Waals surface area contributed by atoms with Crippen molar-refractivity contribution in [1.29, 1.82) is 0 Å². The third-order valence-electron chi connectivity index (χ3n) is 10.5. The SMILES string of the molecule is CC(C)(C)OC(=O)N[C@H]1CCCCC/C=C\[C@@H]2C[C@@]2(C(=O)O)NC(=O)[C@@H]2C[C@@H](n3ncc(-c4ccc(OC(F)(F)F)cc4)c(-c4ccc(OC(F)(F)F)cc4)c3=O)CN2C1=O. The molecule has 1 saturated heterocycles. The number of amides is 3. The van der Waals surface area contributed by atoms with E-state index < -0.39 is 88.8 Å². The fourth-order valence-electron chi connectivity index (χ4n) is 7.59. The van der Waals surface area contributed by atoms with Crippen LogP contribution in [0.15, 0.2) is 71.7 Å². The predicted molar refractivity (Wildman–Crippen MR) is 204 cm³/mol. The van der Waals surface area contributed by atoms with Crippen LogP contribution in [0.5, 0.6) is 11.5 Å². The van der Waals surface area contributed by atoms with E-state index in [4.69, 9.17) is 4.74 Å². The predicted octanol–water partition coefficient (Wildman–Crippen LogP) is 6.89. The summed E-state index contributed by atoms with van der Waals surface area (Å²) in [5, 5.41) is 19.8. The van der Waals surface area contributed by atoms with Gasteiger partial charge in [0, 0.05) is 24.4 Å². The van der Waals surface area contributed by atoms with Crippen molar-refractivity contribution in [2.75, 3.05) is 6.54 Å². The Morgan fingerprint density at radius 2 is 1.49 bits per heavy atom. The van der Waals surface area contributed by atoms with Crippen molar-refractivity contribution < 1.29 is 64.8 Å². The number of nitrogens with zero attached hydrogens (tertiary/aromatic N) is 3. The number of halogens is 6. The summed E-state index contributed by atoms with van der Waals surface area (Å²) in [5.41, 5.74) is -3.29. The highest BCUT2D eigenvalue weighted by atomic mass is 19.4. The van der Waals surface area contributed by atoms with Crippen molar-refractivity contribution in [2.24, 2.45) is 5.92 Å². The number of rotatable bonds is 7. The average Bonchev–Trinajstić information content (AvgIpc) is 3.67. The summed E-state index contributed by atoms with van der Waals surface area (Å²) in [4.78, 5) is 70.1. The minimum absolute atomic E-state index is 0.0563. The molecule has 2 aliphatic heterocycles. The fourth-order valence-corrected chi connectivity index (χ4v) is 7.59. The molecule has 20 heteroatoms. The number of carboxylic acids is 1. The first-order valence-electron chi connectivity index (χ1n) is 19.4. The van der Waals surface area contributed by atoms with Crippen LogP contribution in [0.4, 0.5) is 31.1 Å². The van der Waals surface area contributed by atoms with Gasteiger partial charge in [-0.3, -0.25) is 14.4 Å². The lowest BCUT2D eigenvalue weighted by molar-refractivity contribution is -0.275. The number of benzene rings is 2. The van der Waals surface area contributed by atoms with Crippen LogP contribution in [-0.4, -0.2) is 86.2 Å². The Bertz CT molecular complexity index is 2220. The third-order valence-corrected chi connectivity index (χ3v) is 10.5. The fraction of sp³-hybridized carbons (Fsp3) is 0.463. The summed E-state index contributed by atoms with van der Waals surface area (Å²) in [5.74, 6) is -4.51. The lowest BCUT2D eigenvalue weighted by Crippen LogP contribution is -2.56. The maximum Gasteiger partial charge on any atom is 0.573 e. The highest BCUT2D eigenvalue weighted by Gasteiger charge is 2.61. The normalized spacial score (nSPS) is 24.2. The number of alkyl carbamates (subject to hydrolysis) is 1. The molecular formula is C41H43F6N5O9. The van der Waals surface area contributed by atoms with Gasteiger partial charge in [0.15, 0.2) is 0 Å². The van der Waals surface area contributed by atoms with Crippen LogP contribution in [-0.2, 0) is 19.1 Å². The second kappa shape index (κ2) is 17.1. The van der Waals surface area contributed by atoms with E-state index in [2.05, 4.69) is 25.2 Å². The number of hydrogen-bond acceptors (Lipinski definition) is 9. The number of nitrogens with one attached hydrogen (secondary N) is 2. The van der Waals surface area contributed by atoms with Crippen LogP contribution in [0.2, 0.25) is 0 Å². The third kappa shape index (κ3) is 10.8. The van der Waals surface area contributed by atoms with Crippen LogP contribution in [0.25, 0.3) is 22.3 Å². The minimum atomic E-state index is -5.02. The topological polar surface area (TPSA) is 178 Å². The van der Waals surface area contributed by atoms with Gasteiger partial charge in [0.25, 0.3) is 5.56 Å². The number of ether oxygens (including phenoxy) is 3. The second-order valence-electron chi connectivity index (χ2n) is 16.1. The molecule has 2 aromatic carbocycles. The highest BCUT2D eigenvalue weighted by molar-refractivity contribution is 5.96. The molecule has 2 fully saturated rings. The molecular weight excluding hydrogens is 820 g/mol. The molecule has 61 heavy (non-hydrogen) atoms. The largest absolute Gasteiger partial charge is 0.573 e. The van der Waals surface area contributed by atoms with Gasteiger partial charge in [-0.2, -0.15) is 5.10 Å². The molecule has 1 aliphatic carbocycles. The van der Waals surface area contributed by atoms with E-state index in [1.54, 1.807) is 26.8 Å². The Morgan fingerprint density at radius 1 is 0.885 bits per heavy atom. The van der Waals surface area contributed by atoms with E-state index in [9.17, 15) is 55.4 Å². The summed E-state index contributed by atoms with van der Waals surface area (Å²) in [6.07, 6.45) is -3.66. The summed E-state index contributed by atoms with van der Waals surface area (Å²) < 4.78 is 92.1. The van der Waals surface area contributed by atoms with Crippen molar-refractivity contribution in [1.82, 2.24) is 25.3 Å². The van der Waals surface area contributed by atoms with Crippen LogP contribution in [0.3, 0.4) is 0 Å². The maximum atomic E-state index is 14.6. The molecule has 0 unspecified atom stereocenters. The standard InChI is InChI=1S/C41H43F6N5O9/c1-38(2,3)61-37(58)49-30-10-8-6-4-5-7-9-25-20-39(25,36(56)57)50-33(53)31-19-26(22-51(31)34(30)54)52-35(55)32(24-13-17-28(18-14-24)60-41(45,46)47)29(21-48-52)23-11-15-27(16-12-23)59-40(42,43)44/h7,9,11-18,21,25-26,30-31H,4-6,8,10,19-20,22H2,1-3H3,(H,49,58)(H,50,53)(H,56,57)/b9-7-/t25-,26-,30+,31+,39-/m1/s1. The lowest BCUT2D eigenvalue weighted by Gasteiger charge is -2.30. The van der Waals surface area contributed by atoms with Crippen LogP contribution in [0, 0.1) is 5.92 Å². The molecule has 3 heterocycles. The molecule has 328 valence electrons. The van der Waals surface area contributed by atoms with Crippen LogP contribution >= 0.6 is 0 Å². The Labute approximate surface area is 344 Å². The zero-order valence-corrected chi connectivity index (χ0v) is 33.1. The zero-order chi connectivity index (χ0) is 44.5.